The van der Waals surface area contributed by atoms with E-state index in [-0.39, 0.29) is 10.7 Å². The molecule has 0 atom stereocenters. The maximum absolute atomic E-state index is 4.58. The summed E-state index contributed by atoms with van der Waals surface area (Å²) in [4.78, 5) is 0. The summed E-state index contributed by atoms with van der Waals surface area (Å²) < 4.78 is 0. The Labute approximate surface area is 28.8 Å². The van der Waals surface area contributed by atoms with E-state index in [9.17, 15) is 0 Å². The Bertz CT molecular complexity index is 29.9. The largest absolute Gasteiger partial charge is 0.336 e. The maximum Gasteiger partial charge on any atom is 0.336 e. The fourth-order valence-corrected chi connectivity index (χ4v) is 0. The van der Waals surface area contributed by atoms with Crippen LogP contribution >= 0.6 is 0 Å². The molecule has 0 heterocycles. The zero-order chi connectivity index (χ0) is 3.58. The fourth-order valence-electron chi connectivity index (χ4n) is 0. The van der Waals surface area contributed by atoms with Gasteiger partial charge in [0, 0.05) is 0 Å². The minimum Gasteiger partial charge on any atom is -0.291 e. The molecule has 0 aliphatic heterocycles. The van der Waals surface area contributed by atoms with Crippen LogP contribution in [0, 0.1) is 0 Å². The van der Waals surface area contributed by atoms with Crippen molar-refractivity contribution in [3.63, 3.8) is 0 Å². The Morgan fingerprint density at radius 2 is 1.40 bits per heavy atom. The van der Waals surface area contributed by atoms with Gasteiger partial charge < -0.3 is 0 Å². The number of guanidine groups is 1. The van der Waals surface area contributed by atoms with Gasteiger partial charge in [-0.15, -0.1) is 0 Å². The Hall–Kier alpha value is -0.800. The van der Waals surface area contributed by atoms with Crippen molar-refractivity contribution in [2.75, 3.05) is 0 Å². The van der Waals surface area contributed by atoms with Gasteiger partial charge in [-0.05, 0) is 0 Å². The zero-order valence-corrected chi connectivity index (χ0v) is 2.64. The lowest BCUT2D eigenvalue weighted by molar-refractivity contribution is -0.116. The van der Waals surface area contributed by atoms with E-state index in [0.29, 0.717) is 0 Å². The molecule has 0 fully saturated rings. The predicted octanol–water partition coefficient (Wildman–Crippen LogP) is -2.83. The van der Waals surface area contributed by atoms with Crippen LogP contribution in [0.1, 0.15) is 0 Å². The first-order valence-electron chi connectivity index (χ1n) is 0.866. The molecule has 0 aromatic rings. The average Bonchev–Trinajstić information content (AvgIpc) is 0.811. The van der Waals surface area contributed by atoms with Crippen molar-refractivity contribution >= 4 is 5.96 Å². The van der Waals surface area contributed by atoms with E-state index >= 15 is 0 Å². The van der Waals surface area contributed by atoms with Gasteiger partial charge in [-0.25, -0.2) is 0 Å². The summed E-state index contributed by atoms with van der Waals surface area (Å²) >= 11 is 0. The Morgan fingerprint density at radius 1 is 1.40 bits per heavy atom. The molecule has 0 amide bonds. The van der Waals surface area contributed by atoms with Gasteiger partial charge in [0.25, 0.3) is 0 Å². The van der Waals surface area contributed by atoms with Crippen molar-refractivity contribution in [3.8, 4) is 0 Å². The number of nitrogens with two attached hydrogens (primary N) is 3. The highest BCUT2D eigenvalue weighted by atomic mass is 19.0. The summed E-state index contributed by atoms with van der Waals surface area (Å²) in [6.07, 6.45) is 0. The predicted molar refractivity (Wildman–Crippen MR) is 17.8 cm³/mol. The van der Waals surface area contributed by atoms with Crippen molar-refractivity contribution in [2.24, 2.45) is 11.5 Å². The summed E-state index contributed by atoms with van der Waals surface area (Å²) in [5.41, 5.74) is 9.17. The monoisotopic (exact) mass is 80.1 g/mol. The highest BCUT2D eigenvalue weighted by molar-refractivity contribution is 5.68. The molecule has 0 aromatic heterocycles. The van der Waals surface area contributed by atoms with Crippen molar-refractivity contribution in [3.05, 3.63) is 0 Å². The molecule has 0 spiro atoms. The first kappa shape index (κ1) is 8.89. The Kier molecular flexibility index (Phi) is 5.69. The Balaban J connectivity index is 0. The summed E-state index contributed by atoms with van der Waals surface area (Å²) in [5.74, 6) is -0.0833. The van der Waals surface area contributed by atoms with Crippen LogP contribution in [0.25, 0.3) is 0 Å². The van der Waals surface area contributed by atoms with Gasteiger partial charge >= 0.3 is 5.96 Å². The molecule has 32 valence electrons. The highest BCUT2D eigenvalue weighted by Crippen LogP contribution is 0.925. The second-order valence-corrected chi connectivity index (χ2v) is 0.500. The third-order valence-electron chi connectivity index (χ3n) is 0. The first-order valence-corrected chi connectivity index (χ1v) is 0.866. The van der Waals surface area contributed by atoms with Crippen LogP contribution in [0.5, 0.6) is 0 Å². The molecule has 0 aliphatic carbocycles. The van der Waals surface area contributed by atoms with Gasteiger partial charge in [-0.1, -0.05) is 0 Å². The van der Waals surface area contributed by atoms with Gasteiger partial charge in [0.2, 0.25) is 0 Å². The third kappa shape index (κ3) is 7.20. The van der Waals surface area contributed by atoms with Crippen LogP contribution < -0.4 is 16.9 Å². The standard InChI is InChI=1S/CH5N3.FH/c2-1(3)4;/h(H5,2,3,4);1H/p+1. The summed E-state index contributed by atoms with van der Waals surface area (Å²) in [7, 11) is 0. The van der Waals surface area contributed by atoms with Gasteiger partial charge in [-0.2, -0.15) is 0 Å². The molecule has 0 radical (unpaired) electrons. The van der Waals surface area contributed by atoms with Crippen molar-refractivity contribution < 1.29 is 10.1 Å². The minimum absolute atomic E-state index is 0. The fraction of sp³-hybridized carbons (Fsp3) is 0. The molecule has 5 heavy (non-hydrogen) atoms. The molecule has 6 N–H and O–H groups in total. The summed E-state index contributed by atoms with van der Waals surface area (Å²) in [6.45, 7) is 0. The molecule has 0 bridgehead atoms. The lowest BCUT2D eigenvalue weighted by atomic mass is 11.1. The topological polar surface area (TPSA) is 77.6 Å². The van der Waals surface area contributed by atoms with Crippen LogP contribution in [0.15, 0.2) is 0 Å². The SMILES string of the molecule is F.NC(N)=[NH2+]. The van der Waals surface area contributed by atoms with Crippen molar-refractivity contribution in [2.45, 2.75) is 0 Å². The van der Waals surface area contributed by atoms with E-state index in [1.165, 1.54) is 0 Å². The maximum atomic E-state index is 4.58. The van der Waals surface area contributed by atoms with E-state index < -0.39 is 0 Å². The second-order valence-electron chi connectivity index (χ2n) is 0.500. The van der Waals surface area contributed by atoms with Crippen LogP contribution in [-0.2, 0) is 0 Å². The van der Waals surface area contributed by atoms with Crippen LogP contribution in [0.2, 0.25) is 0 Å². The molecule has 0 saturated carbocycles. The number of rotatable bonds is 0. The lowest BCUT2D eigenvalue weighted by Crippen LogP contribution is -2.51. The first-order chi connectivity index (χ1) is 1.73. The normalized spacial score (nSPS) is 4.80. The van der Waals surface area contributed by atoms with Gasteiger partial charge in [0.15, 0.2) is 0 Å². The summed E-state index contributed by atoms with van der Waals surface area (Å²) in [5, 5.41) is 4.58. The molecule has 3 nitrogen and oxygen atoms in total. The van der Waals surface area contributed by atoms with E-state index in [2.05, 4.69) is 16.9 Å². The van der Waals surface area contributed by atoms with E-state index in [1.54, 1.807) is 0 Å². The number of hydrogen-bond acceptors (Lipinski definition) is 0. The van der Waals surface area contributed by atoms with Crippen LogP contribution in [0.4, 0.5) is 4.70 Å². The average molecular weight is 80.1 g/mol. The van der Waals surface area contributed by atoms with Gasteiger partial charge in [-0.3, -0.25) is 21.6 Å². The zero-order valence-electron chi connectivity index (χ0n) is 2.64. The number of hydrogen-bond donors (Lipinski definition) is 3. The Morgan fingerprint density at radius 3 is 1.40 bits per heavy atom. The highest BCUT2D eigenvalue weighted by Gasteiger charge is 1.64. The molecule has 0 rings (SSSR count). The molecule has 0 aliphatic rings. The lowest BCUT2D eigenvalue weighted by Gasteiger charge is -1.59. The third-order valence-corrected chi connectivity index (χ3v) is 0. The molecule has 0 saturated heterocycles. The van der Waals surface area contributed by atoms with E-state index in [0.717, 1.165) is 0 Å². The minimum atomic E-state index is -0.0833. The van der Waals surface area contributed by atoms with Gasteiger partial charge in [0.1, 0.15) is 0 Å². The van der Waals surface area contributed by atoms with Crippen LogP contribution in [-0.4, -0.2) is 5.96 Å². The van der Waals surface area contributed by atoms with Crippen molar-refractivity contribution in [1.82, 2.24) is 0 Å². The molecule has 0 aromatic carbocycles. The van der Waals surface area contributed by atoms with E-state index in [4.69, 9.17) is 0 Å². The van der Waals surface area contributed by atoms with Gasteiger partial charge in [0.05, 0.1) is 0 Å². The smallest absolute Gasteiger partial charge is 0.291 e. The second kappa shape index (κ2) is 3.20. The van der Waals surface area contributed by atoms with Crippen molar-refractivity contribution in [1.29, 1.82) is 0 Å². The van der Waals surface area contributed by atoms with E-state index in [1.807, 2.05) is 0 Å². The molecular weight excluding hydrogens is 73.0 g/mol. The molecular formula is CH7FN3+. The quantitative estimate of drug-likeness (QED) is 0.217. The number of halogens is 1. The molecule has 0 unspecified atom stereocenters. The van der Waals surface area contributed by atoms with Crippen LogP contribution in [0.3, 0.4) is 0 Å². The molecule has 4 heteroatoms. The summed E-state index contributed by atoms with van der Waals surface area (Å²) in [6, 6.07) is 0.